The lowest BCUT2D eigenvalue weighted by Crippen LogP contribution is -2.70. The van der Waals surface area contributed by atoms with Gasteiger partial charge >= 0.3 is 35.8 Å². The van der Waals surface area contributed by atoms with Crippen molar-refractivity contribution in [2.24, 2.45) is 4.99 Å². The van der Waals surface area contributed by atoms with Crippen molar-refractivity contribution < 1.29 is 57.1 Å². The SMILES string of the molecule is FC(F)(F)C(F)(F)C(F)(F)C(F)(F)C(F)(F)C(F)(F)CCN=C=S. The van der Waals surface area contributed by atoms with E-state index in [0.29, 0.717) is 0 Å². The number of halogens is 13. The van der Waals surface area contributed by atoms with E-state index in [1.165, 1.54) is 5.16 Å². The van der Waals surface area contributed by atoms with E-state index in [1.807, 2.05) is 0 Å². The number of rotatable bonds is 7. The quantitative estimate of drug-likeness (QED) is 0.322. The van der Waals surface area contributed by atoms with Crippen LogP contribution in [-0.2, 0) is 0 Å². The summed E-state index contributed by atoms with van der Waals surface area (Å²) in [4.78, 5) is 2.59. The van der Waals surface area contributed by atoms with Gasteiger partial charge in [0, 0.05) is 6.42 Å². The molecular formula is C9H4F13NS. The third-order valence-corrected chi connectivity index (χ3v) is 2.73. The van der Waals surface area contributed by atoms with Crippen LogP contribution in [0.25, 0.3) is 0 Å². The monoisotopic (exact) mass is 405 g/mol. The van der Waals surface area contributed by atoms with E-state index in [4.69, 9.17) is 0 Å². The number of alkyl halides is 13. The molecule has 0 N–H and O–H groups in total. The van der Waals surface area contributed by atoms with Crippen molar-refractivity contribution in [2.75, 3.05) is 6.54 Å². The minimum Gasteiger partial charge on any atom is -0.232 e. The summed E-state index contributed by atoms with van der Waals surface area (Å²) in [7, 11) is 0. The van der Waals surface area contributed by atoms with E-state index in [2.05, 4.69) is 17.2 Å². The molecule has 1 nitrogen and oxygen atoms in total. The highest BCUT2D eigenvalue weighted by Crippen LogP contribution is 2.60. The zero-order chi connectivity index (χ0) is 19.8. The Morgan fingerprint density at radius 3 is 1.33 bits per heavy atom. The maximum absolute atomic E-state index is 13.1. The van der Waals surface area contributed by atoms with Gasteiger partial charge in [-0.25, -0.2) is 4.99 Å². The Hall–Kier alpha value is -1.11. The highest BCUT2D eigenvalue weighted by atomic mass is 32.1. The van der Waals surface area contributed by atoms with Crippen LogP contribution < -0.4 is 0 Å². The Balaban J connectivity index is 6.05. The zero-order valence-electron chi connectivity index (χ0n) is 10.7. The van der Waals surface area contributed by atoms with Crippen LogP contribution in [-0.4, -0.2) is 47.5 Å². The second-order valence-corrected chi connectivity index (χ2v) is 4.41. The molecule has 0 aliphatic heterocycles. The predicted octanol–water partition coefficient (Wildman–Crippen LogP) is 5.22. The van der Waals surface area contributed by atoms with E-state index in [-0.39, 0.29) is 0 Å². The summed E-state index contributed by atoms with van der Waals surface area (Å²) in [6.45, 7) is -1.45. The van der Waals surface area contributed by atoms with Crippen molar-refractivity contribution >= 4 is 17.4 Å². The molecule has 0 heterocycles. The summed E-state index contributed by atoms with van der Waals surface area (Å²) >= 11 is 3.81. The number of nitrogens with zero attached hydrogens (tertiary/aromatic N) is 1. The molecule has 0 saturated carbocycles. The average Bonchev–Trinajstić information content (AvgIpc) is 2.36. The summed E-state index contributed by atoms with van der Waals surface area (Å²) in [5, 5.41) is 1.33. The lowest BCUT2D eigenvalue weighted by molar-refractivity contribution is -0.440. The molecular weight excluding hydrogens is 401 g/mol. The van der Waals surface area contributed by atoms with E-state index >= 15 is 0 Å². The molecule has 0 bridgehead atoms. The molecule has 24 heavy (non-hydrogen) atoms. The van der Waals surface area contributed by atoms with Crippen LogP contribution in [0.4, 0.5) is 57.1 Å². The van der Waals surface area contributed by atoms with Gasteiger partial charge in [0.2, 0.25) is 0 Å². The van der Waals surface area contributed by atoms with Gasteiger partial charge in [0.15, 0.2) is 0 Å². The largest absolute Gasteiger partial charge is 0.460 e. The fraction of sp³-hybridized carbons (Fsp3) is 0.889. The molecule has 0 atom stereocenters. The lowest BCUT2D eigenvalue weighted by Gasteiger charge is -2.39. The summed E-state index contributed by atoms with van der Waals surface area (Å²) in [5.41, 5.74) is 0. The van der Waals surface area contributed by atoms with E-state index < -0.39 is 48.8 Å². The lowest BCUT2D eigenvalue weighted by atomic mass is 9.92. The Kier molecular flexibility index (Phi) is 6.02. The molecule has 0 rings (SSSR count). The first-order valence-corrected chi connectivity index (χ1v) is 5.71. The van der Waals surface area contributed by atoms with Gasteiger partial charge in [-0.3, -0.25) is 0 Å². The van der Waals surface area contributed by atoms with Crippen molar-refractivity contribution in [3.8, 4) is 0 Å². The van der Waals surface area contributed by atoms with Gasteiger partial charge in [-0.1, -0.05) is 0 Å². The first-order valence-electron chi connectivity index (χ1n) is 5.30. The normalized spacial score (nSPS) is 15.2. The molecule has 0 aliphatic rings. The van der Waals surface area contributed by atoms with Crippen molar-refractivity contribution in [1.29, 1.82) is 0 Å². The first kappa shape index (κ1) is 22.9. The second kappa shape index (κ2) is 6.32. The smallest absolute Gasteiger partial charge is 0.232 e. The molecule has 0 aromatic carbocycles. The minimum absolute atomic E-state index is 1.33. The third-order valence-electron chi connectivity index (χ3n) is 2.60. The van der Waals surface area contributed by atoms with E-state index in [0.717, 1.165) is 0 Å². The van der Waals surface area contributed by atoms with Gasteiger partial charge in [-0.15, -0.1) is 0 Å². The number of hydrogen-bond acceptors (Lipinski definition) is 2. The standard InChI is InChI=1S/C9H4F13NS/c10-4(11,1-2-23-3-24)5(12,13)6(14,15)7(16,17)8(18,19)9(20,21)22/h1-2H2. The molecule has 0 aliphatic carbocycles. The maximum Gasteiger partial charge on any atom is 0.460 e. The zero-order valence-corrected chi connectivity index (χ0v) is 11.5. The highest BCUT2D eigenvalue weighted by Gasteiger charge is 2.90. The fourth-order valence-electron chi connectivity index (χ4n) is 1.20. The van der Waals surface area contributed by atoms with Gasteiger partial charge in [0.1, 0.15) is 0 Å². The molecule has 0 radical (unpaired) electrons. The van der Waals surface area contributed by atoms with Crippen molar-refractivity contribution in [3.05, 3.63) is 0 Å². The van der Waals surface area contributed by atoms with Crippen LogP contribution in [0.2, 0.25) is 0 Å². The Morgan fingerprint density at radius 2 is 1.00 bits per heavy atom. The molecule has 0 aromatic rings. The molecule has 0 fully saturated rings. The molecule has 0 unspecified atom stereocenters. The number of aliphatic imine (C=N–C) groups is 1. The van der Waals surface area contributed by atoms with Crippen molar-refractivity contribution in [1.82, 2.24) is 0 Å². The molecule has 0 saturated heterocycles. The first-order chi connectivity index (χ1) is 10.3. The molecule has 15 heteroatoms. The van der Waals surface area contributed by atoms with Crippen molar-refractivity contribution in [2.45, 2.75) is 42.2 Å². The second-order valence-electron chi connectivity index (χ2n) is 4.22. The Labute approximate surface area is 129 Å². The predicted molar refractivity (Wildman–Crippen MR) is 55.3 cm³/mol. The summed E-state index contributed by atoms with van der Waals surface area (Å²) < 4.78 is 164. The van der Waals surface area contributed by atoms with Gasteiger partial charge in [0.25, 0.3) is 0 Å². The Bertz CT molecular complexity index is 502. The Morgan fingerprint density at radius 1 is 0.625 bits per heavy atom. The van der Waals surface area contributed by atoms with Gasteiger partial charge in [0.05, 0.1) is 11.7 Å². The summed E-state index contributed by atoms with van der Waals surface area (Å²) in [6.07, 6.45) is -9.81. The average molecular weight is 405 g/mol. The molecule has 0 aromatic heterocycles. The van der Waals surface area contributed by atoms with E-state index in [1.54, 1.807) is 0 Å². The number of thiocarbonyl (C=S) groups is 1. The molecule has 0 amide bonds. The molecule has 142 valence electrons. The van der Waals surface area contributed by atoms with Crippen molar-refractivity contribution in [3.63, 3.8) is 0 Å². The fourth-order valence-corrected chi connectivity index (χ4v) is 1.29. The van der Waals surface area contributed by atoms with Gasteiger partial charge in [-0.2, -0.15) is 57.1 Å². The van der Waals surface area contributed by atoms with Gasteiger partial charge < -0.3 is 0 Å². The third kappa shape index (κ3) is 3.32. The minimum atomic E-state index is -7.88. The van der Waals surface area contributed by atoms with Crippen LogP contribution in [0, 0.1) is 0 Å². The van der Waals surface area contributed by atoms with Crippen LogP contribution in [0.1, 0.15) is 6.42 Å². The number of hydrogen-bond donors (Lipinski definition) is 0. The summed E-state index contributed by atoms with van der Waals surface area (Å²) in [6, 6.07) is 0. The van der Waals surface area contributed by atoms with Gasteiger partial charge in [-0.05, 0) is 12.2 Å². The van der Waals surface area contributed by atoms with Crippen LogP contribution in [0.3, 0.4) is 0 Å². The van der Waals surface area contributed by atoms with Crippen LogP contribution >= 0.6 is 12.2 Å². The highest BCUT2D eigenvalue weighted by molar-refractivity contribution is 7.78. The number of isothiocyanates is 1. The maximum atomic E-state index is 13.1. The van der Waals surface area contributed by atoms with E-state index in [9.17, 15) is 57.1 Å². The van der Waals surface area contributed by atoms with Crippen LogP contribution in [0.15, 0.2) is 4.99 Å². The summed E-state index contributed by atoms with van der Waals surface area (Å²) in [5.74, 6) is -36.7. The van der Waals surface area contributed by atoms with Crippen LogP contribution in [0.5, 0.6) is 0 Å². The topological polar surface area (TPSA) is 12.4 Å². The molecule has 0 spiro atoms.